The third-order valence-corrected chi connectivity index (χ3v) is 6.02. The summed E-state index contributed by atoms with van der Waals surface area (Å²) in [5.74, 6) is 0. The molecule has 1 fully saturated rings. The first kappa shape index (κ1) is 17.9. The van der Waals surface area contributed by atoms with Crippen LogP contribution in [0, 0.1) is 0 Å². The van der Waals surface area contributed by atoms with Crippen LogP contribution in [0.5, 0.6) is 0 Å². The number of aldehydes is 1. The van der Waals surface area contributed by atoms with Crippen molar-refractivity contribution in [2.24, 2.45) is 0 Å². The zero-order valence-electron chi connectivity index (χ0n) is 15.3. The van der Waals surface area contributed by atoms with Gasteiger partial charge < -0.3 is 9.69 Å². The largest absolute Gasteiger partial charge is 0.346 e. The normalized spacial score (nSPS) is 15.0. The van der Waals surface area contributed by atoms with Gasteiger partial charge in [-0.3, -0.25) is 4.90 Å². The minimum Gasteiger partial charge on any atom is -0.346 e. The van der Waals surface area contributed by atoms with Crippen LogP contribution in [-0.2, 0) is 17.8 Å². The molecule has 1 aromatic heterocycles. The Labute approximate surface area is 164 Å². The average molecular weight is 378 g/mol. The Balaban J connectivity index is 1.35. The maximum Gasteiger partial charge on any atom is 0.185 e. The minimum atomic E-state index is 0.495. The number of hydrogen-bond acceptors (Lipinski definition) is 5. The van der Waals surface area contributed by atoms with Gasteiger partial charge in [-0.2, -0.15) is 0 Å². The quantitative estimate of drug-likeness (QED) is 0.611. The number of aromatic nitrogens is 1. The van der Waals surface area contributed by atoms with Gasteiger partial charge in [0, 0.05) is 45.3 Å². The maximum absolute atomic E-state index is 10.7. The predicted octanol–water partition coefficient (Wildman–Crippen LogP) is 3.87. The summed E-state index contributed by atoms with van der Waals surface area (Å²) in [6.45, 7) is 4.98. The van der Waals surface area contributed by atoms with Gasteiger partial charge in [0.15, 0.2) is 5.13 Å². The van der Waals surface area contributed by atoms with Gasteiger partial charge in [-0.25, -0.2) is 4.98 Å². The van der Waals surface area contributed by atoms with Gasteiger partial charge >= 0.3 is 0 Å². The molecule has 0 N–H and O–H groups in total. The lowest BCUT2D eigenvalue weighted by atomic mass is 10.1. The fourth-order valence-corrected chi connectivity index (χ4v) is 4.43. The summed E-state index contributed by atoms with van der Waals surface area (Å²) in [6.07, 6.45) is 3.45. The van der Waals surface area contributed by atoms with Gasteiger partial charge in [0.25, 0.3) is 0 Å². The molecule has 2 aromatic carbocycles. The van der Waals surface area contributed by atoms with E-state index in [-0.39, 0.29) is 0 Å². The lowest BCUT2D eigenvalue weighted by molar-refractivity contribution is -0.107. The highest BCUT2D eigenvalue weighted by Gasteiger charge is 2.19. The Morgan fingerprint density at radius 3 is 2.52 bits per heavy atom. The minimum absolute atomic E-state index is 0.495. The second-order valence-corrected chi connectivity index (χ2v) is 7.84. The Hall–Kier alpha value is -2.50. The van der Waals surface area contributed by atoms with E-state index in [1.165, 1.54) is 16.0 Å². The van der Waals surface area contributed by atoms with Crippen molar-refractivity contribution in [2.45, 2.75) is 13.0 Å². The van der Waals surface area contributed by atoms with Crippen LogP contribution in [0.25, 0.3) is 10.4 Å². The summed E-state index contributed by atoms with van der Waals surface area (Å²) in [5, 5.41) is 1.11. The smallest absolute Gasteiger partial charge is 0.185 e. The van der Waals surface area contributed by atoms with Crippen molar-refractivity contribution in [1.82, 2.24) is 9.88 Å². The number of nitrogens with zero attached hydrogens (tertiary/aromatic N) is 3. The zero-order valence-corrected chi connectivity index (χ0v) is 16.1. The van der Waals surface area contributed by atoms with Crippen molar-refractivity contribution in [3.05, 3.63) is 71.9 Å². The van der Waals surface area contributed by atoms with Crippen molar-refractivity contribution in [2.75, 3.05) is 31.1 Å². The molecule has 1 aliphatic rings. The molecule has 5 heteroatoms. The highest BCUT2D eigenvalue weighted by Crippen LogP contribution is 2.31. The van der Waals surface area contributed by atoms with E-state index >= 15 is 0 Å². The number of carbonyl (C=O) groups is 1. The van der Waals surface area contributed by atoms with Crippen molar-refractivity contribution in [1.29, 1.82) is 0 Å². The molecule has 0 saturated carbocycles. The van der Waals surface area contributed by atoms with Gasteiger partial charge in [-0.1, -0.05) is 65.9 Å². The Morgan fingerprint density at radius 1 is 0.963 bits per heavy atom. The van der Waals surface area contributed by atoms with Gasteiger partial charge in [0.2, 0.25) is 0 Å². The van der Waals surface area contributed by atoms with Crippen LogP contribution in [0.4, 0.5) is 5.13 Å². The fourth-order valence-electron chi connectivity index (χ4n) is 3.45. The molecule has 0 radical (unpaired) electrons. The van der Waals surface area contributed by atoms with Crippen LogP contribution in [0.1, 0.15) is 11.1 Å². The van der Waals surface area contributed by atoms with Gasteiger partial charge in [0.1, 0.15) is 6.29 Å². The van der Waals surface area contributed by atoms with Crippen LogP contribution in [0.15, 0.2) is 60.8 Å². The molecule has 27 heavy (non-hydrogen) atoms. The summed E-state index contributed by atoms with van der Waals surface area (Å²) in [4.78, 5) is 21.5. The Morgan fingerprint density at radius 2 is 1.74 bits per heavy atom. The molecule has 1 saturated heterocycles. The SMILES string of the molecule is O=CCc1cccc(CN2CCN(c3ncc(-c4ccccc4)s3)CC2)c1. The molecule has 0 bridgehead atoms. The molecule has 4 nitrogen and oxygen atoms in total. The number of hydrogen-bond donors (Lipinski definition) is 0. The topological polar surface area (TPSA) is 36.4 Å². The van der Waals surface area contributed by atoms with Crippen molar-refractivity contribution in [3.63, 3.8) is 0 Å². The Kier molecular flexibility index (Phi) is 5.61. The van der Waals surface area contributed by atoms with E-state index in [9.17, 15) is 4.79 Å². The summed E-state index contributed by atoms with van der Waals surface area (Å²) >= 11 is 1.77. The second kappa shape index (κ2) is 8.46. The molecule has 2 heterocycles. The number of thiazole rings is 1. The molecule has 138 valence electrons. The van der Waals surface area contributed by atoms with E-state index in [1.54, 1.807) is 11.3 Å². The fraction of sp³-hybridized carbons (Fsp3) is 0.273. The molecule has 1 aliphatic heterocycles. The van der Waals surface area contributed by atoms with E-state index in [2.05, 4.69) is 51.2 Å². The molecule has 0 amide bonds. The van der Waals surface area contributed by atoms with Crippen LogP contribution < -0.4 is 4.90 Å². The first-order chi connectivity index (χ1) is 13.3. The average Bonchev–Trinajstić information content (AvgIpc) is 3.20. The van der Waals surface area contributed by atoms with E-state index in [4.69, 9.17) is 0 Å². The molecule has 0 aliphatic carbocycles. The molecule has 0 unspecified atom stereocenters. The number of benzene rings is 2. The highest BCUT2D eigenvalue weighted by atomic mass is 32.1. The molecule has 0 spiro atoms. The third kappa shape index (κ3) is 4.43. The summed E-state index contributed by atoms with van der Waals surface area (Å²) in [5.41, 5.74) is 3.61. The lowest BCUT2D eigenvalue weighted by Gasteiger charge is -2.34. The molecular weight excluding hydrogens is 354 g/mol. The highest BCUT2D eigenvalue weighted by molar-refractivity contribution is 7.18. The van der Waals surface area contributed by atoms with Crippen molar-refractivity contribution in [3.8, 4) is 10.4 Å². The van der Waals surface area contributed by atoms with E-state index in [0.717, 1.165) is 49.7 Å². The lowest BCUT2D eigenvalue weighted by Crippen LogP contribution is -2.45. The van der Waals surface area contributed by atoms with Crippen LogP contribution in [0.3, 0.4) is 0 Å². The summed E-state index contributed by atoms with van der Waals surface area (Å²) in [7, 11) is 0. The standard InChI is InChI=1S/C22H23N3OS/c26-14-9-18-5-4-6-19(15-18)17-24-10-12-25(13-11-24)22-23-16-21(27-22)20-7-2-1-3-8-20/h1-8,14-16H,9-13,17H2. The number of anilines is 1. The second-order valence-electron chi connectivity index (χ2n) is 6.83. The van der Waals surface area contributed by atoms with Gasteiger partial charge in [0.05, 0.1) is 4.88 Å². The molecule has 4 rings (SSSR count). The summed E-state index contributed by atoms with van der Waals surface area (Å²) in [6, 6.07) is 18.8. The van der Waals surface area contributed by atoms with Gasteiger partial charge in [-0.05, 0) is 16.7 Å². The van der Waals surface area contributed by atoms with E-state index < -0.39 is 0 Å². The first-order valence-electron chi connectivity index (χ1n) is 9.32. The van der Waals surface area contributed by atoms with Crippen LogP contribution >= 0.6 is 11.3 Å². The van der Waals surface area contributed by atoms with E-state index in [0.29, 0.717) is 6.42 Å². The number of carbonyl (C=O) groups excluding carboxylic acids is 1. The zero-order chi connectivity index (χ0) is 18.5. The Bertz CT molecular complexity index is 885. The third-order valence-electron chi connectivity index (χ3n) is 4.91. The molecular formula is C22H23N3OS. The van der Waals surface area contributed by atoms with E-state index in [1.807, 2.05) is 24.4 Å². The van der Waals surface area contributed by atoms with Gasteiger partial charge in [-0.15, -0.1) is 0 Å². The molecule has 0 atom stereocenters. The number of rotatable bonds is 6. The van der Waals surface area contributed by atoms with Crippen LogP contribution in [-0.4, -0.2) is 42.3 Å². The summed E-state index contributed by atoms with van der Waals surface area (Å²) < 4.78 is 0. The maximum atomic E-state index is 10.7. The monoisotopic (exact) mass is 377 g/mol. The number of piperazine rings is 1. The molecule has 3 aromatic rings. The first-order valence-corrected chi connectivity index (χ1v) is 10.1. The van der Waals surface area contributed by atoms with Crippen molar-refractivity contribution < 1.29 is 4.79 Å². The van der Waals surface area contributed by atoms with Crippen molar-refractivity contribution >= 4 is 22.8 Å². The predicted molar refractivity (Wildman–Crippen MR) is 111 cm³/mol. The van der Waals surface area contributed by atoms with Crippen LogP contribution in [0.2, 0.25) is 0 Å².